The standard InChI is InChI=1S/C26H25BrN2O8S/c1-4-37-22-9-7-21(8-10-22)29(38(33,34)23-11-5-19(27)6-12-23)16-24(30)28-20-14-17(25(31)35-2)13-18(15-20)26(32)36-3/h5-15H,4,16H2,1-3H3,(H,28,30). The number of nitrogens with one attached hydrogen (secondary N) is 1. The first-order valence-electron chi connectivity index (χ1n) is 11.2. The normalized spacial score (nSPS) is 10.8. The number of amides is 1. The molecular weight excluding hydrogens is 580 g/mol. The fraction of sp³-hybridized carbons (Fsp3) is 0.192. The molecule has 0 unspecified atom stereocenters. The first-order chi connectivity index (χ1) is 18.1. The van der Waals surface area contributed by atoms with Crippen LogP contribution in [0.5, 0.6) is 5.75 Å². The lowest BCUT2D eigenvalue weighted by molar-refractivity contribution is -0.114. The van der Waals surface area contributed by atoms with E-state index in [1.54, 1.807) is 24.3 Å². The van der Waals surface area contributed by atoms with Gasteiger partial charge in [0.15, 0.2) is 0 Å². The Bertz CT molecular complexity index is 1390. The zero-order valence-electron chi connectivity index (χ0n) is 20.8. The number of hydrogen-bond donors (Lipinski definition) is 1. The van der Waals surface area contributed by atoms with Crippen molar-refractivity contribution < 1.29 is 37.0 Å². The van der Waals surface area contributed by atoms with Crippen molar-refractivity contribution in [3.63, 3.8) is 0 Å². The number of carbonyl (C=O) groups is 3. The second kappa shape index (κ2) is 12.6. The highest BCUT2D eigenvalue weighted by Gasteiger charge is 2.28. The average molecular weight is 605 g/mol. The molecule has 38 heavy (non-hydrogen) atoms. The molecule has 0 spiro atoms. The SMILES string of the molecule is CCOc1ccc(N(CC(=O)Nc2cc(C(=O)OC)cc(C(=O)OC)c2)S(=O)(=O)c2ccc(Br)cc2)cc1. The van der Waals surface area contributed by atoms with E-state index in [1.165, 1.54) is 56.7 Å². The predicted molar refractivity (Wildman–Crippen MR) is 144 cm³/mol. The number of halogens is 1. The Morgan fingerprint density at radius 1 is 0.868 bits per heavy atom. The van der Waals surface area contributed by atoms with Crippen LogP contribution >= 0.6 is 15.9 Å². The molecule has 0 aromatic heterocycles. The number of rotatable bonds is 10. The molecule has 200 valence electrons. The first-order valence-corrected chi connectivity index (χ1v) is 13.4. The van der Waals surface area contributed by atoms with E-state index in [1.807, 2.05) is 6.92 Å². The van der Waals surface area contributed by atoms with Crippen LogP contribution in [0.1, 0.15) is 27.6 Å². The van der Waals surface area contributed by atoms with Gasteiger partial charge in [-0.05, 0) is 73.7 Å². The molecule has 0 radical (unpaired) electrons. The lowest BCUT2D eigenvalue weighted by Crippen LogP contribution is -2.38. The van der Waals surface area contributed by atoms with Gasteiger partial charge in [0.05, 0.1) is 42.5 Å². The van der Waals surface area contributed by atoms with Crippen LogP contribution in [0.25, 0.3) is 0 Å². The van der Waals surface area contributed by atoms with Gasteiger partial charge in [-0.1, -0.05) is 15.9 Å². The van der Waals surface area contributed by atoms with Gasteiger partial charge in [0, 0.05) is 10.2 Å². The van der Waals surface area contributed by atoms with Crippen molar-refractivity contribution in [1.29, 1.82) is 0 Å². The lowest BCUT2D eigenvalue weighted by Gasteiger charge is -2.24. The molecule has 0 bridgehead atoms. The van der Waals surface area contributed by atoms with Crippen LogP contribution in [0.15, 0.2) is 76.1 Å². The highest BCUT2D eigenvalue weighted by Crippen LogP contribution is 2.27. The number of benzene rings is 3. The highest BCUT2D eigenvalue weighted by atomic mass is 79.9. The summed E-state index contributed by atoms with van der Waals surface area (Å²) in [5.74, 6) is -1.66. The number of nitrogens with zero attached hydrogens (tertiary/aromatic N) is 1. The third-order valence-electron chi connectivity index (χ3n) is 5.18. The number of ether oxygens (including phenoxy) is 3. The van der Waals surface area contributed by atoms with E-state index in [2.05, 4.69) is 21.2 Å². The summed E-state index contributed by atoms with van der Waals surface area (Å²) in [7, 11) is -1.82. The summed E-state index contributed by atoms with van der Waals surface area (Å²) in [5, 5.41) is 2.55. The molecule has 0 heterocycles. The van der Waals surface area contributed by atoms with Crippen molar-refractivity contribution in [3.8, 4) is 5.75 Å². The maximum Gasteiger partial charge on any atom is 0.337 e. The summed E-state index contributed by atoms with van der Waals surface area (Å²) >= 11 is 3.28. The molecular formula is C26H25BrN2O8S. The van der Waals surface area contributed by atoms with Crippen molar-refractivity contribution in [2.75, 3.05) is 37.0 Å². The molecule has 3 rings (SSSR count). The van der Waals surface area contributed by atoms with Crippen LogP contribution in [0.2, 0.25) is 0 Å². The van der Waals surface area contributed by atoms with Crippen molar-refractivity contribution in [3.05, 3.63) is 82.3 Å². The minimum absolute atomic E-state index is 0.00319. The molecule has 1 N–H and O–H groups in total. The smallest absolute Gasteiger partial charge is 0.337 e. The Labute approximate surface area is 228 Å². The molecule has 0 saturated carbocycles. The van der Waals surface area contributed by atoms with E-state index in [9.17, 15) is 22.8 Å². The number of hydrogen-bond acceptors (Lipinski definition) is 8. The monoisotopic (exact) mass is 604 g/mol. The van der Waals surface area contributed by atoms with Gasteiger partial charge in [0.2, 0.25) is 5.91 Å². The summed E-state index contributed by atoms with van der Waals surface area (Å²) in [6, 6.07) is 16.1. The lowest BCUT2D eigenvalue weighted by atomic mass is 10.1. The molecule has 0 atom stereocenters. The van der Waals surface area contributed by atoms with Crippen molar-refractivity contribution >= 4 is 55.2 Å². The summed E-state index contributed by atoms with van der Waals surface area (Å²) < 4.78 is 43.7. The average Bonchev–Trinajstić information content (AvgIpc) is 2.91. The third kappa shape index (κ3) is 6.90. The Morgan fingerprint density at radius 2 is 1.42 bits per heavy atom. The topological polar surface area (TPSA) is 128 Å². The van der Waals surface area contributed by atoms with Crippen molar-refractivity contribution in [2.24, 2.45) is 0 Å². The van der Waals surface area contributed by atoms with Crippen LogP contribution in [0, 0.1) is 0 Å². The van der Waals surface area contributed by atoms with Crippen LogP contribution < -0.4 is 14.4 Å². The third-order valence-corrected chi connectivity index (χ3v) is 7.50. The van der Waals surface area contributed by atoms with Gasteiger partial charge in [0.25, 0.3) is 10.0 Å². The highest BCUT2D eigenvalue weighted by molar-refractivity contribution is 9.10. The van der Waals surface area contributed by atoms with Gasteiger partial charge in [-0.3, -0.25) is 9.10 Å². The minimum Gasteiger partial charge on any atom is -0.494 e. The fourth-order valence-electron chi connectivity index (χ4n) is 3.43. The molecule has 3 aromatic rings. The Kier molecular flexibility index (Phi) is 9.48. The van der Waals surface area contributed by atoms with Gasteiger partial charge in [-0.25, -0.2) is 18.0 Å². The van der Waals surface area contributed by atoms with Gasteiger partial charge < -0.3 is 19.5 Å². The summed E-state index contributed by atoms with van der Waals surface area (Å²) in [6.45, 7) is 1.65. The summed E-state index contributed by atoms with van der Waals surface area (Å²) in [5.41, 5.74) is 0.296. The Balaban J connectivity index is 1.97. The molecule has 0 fully saturated rings. The molecule has 0 saturated heterocycles. The maximum atomic E-state index is 13.6. The summed E-state index contributed by atoms with van der Waals surface area (Å²) in [4.78, 5) is 37.2. The molecule has 0 aliphatic heterocycles. The number of carbonyl (C=O) groups excluding carboxylic acids is 3. The van der Waals surface area contributed by atoms with Crippen molar-refractivity contribution in [1.82, 2.24) is 0 Å². The quantitative estimate of drug-likeness (QED) is 0.340. The minimum atomic E-state index is -4.17. The van der Waals surface area contributed by atoms with E-state index < -0.39 is 34.4 Å². The van der Waals surface area contributed by atoms with E-state index in [0.717, 1.165) is 4.31 Å². The van der Waals surface area contributed by atoms with Gasteiger partial charge >= 0.3 is 11.9 Å². The van der Waals surface area contributed by atoms with E-state index >= 15 is 0 Å². The molecule has 10 nitrogen and oxygen atoms in total. The van der Waals surface area contributed by atoms with Crippen molar-refractivity contribution in [2.45, 2.75) is 11.8 Å². The Morgan fingerprint density at radius 3 is 1.92 bits per heavy atom. The maximum absolute atomic E-state index is 13.6. The number of esters is 2. The Hall–Kier alpha value is -3.90. The molecule has 12 heteroatoms. The second-order valence-corrected chi connectivity index (χ2v) is 10.5. The van der Waals surface area contributed by atoms with E-state index in [4.69, 9.17) is 14.2 Å². The van der Waals surface area contributed by atoms with Gasteiger partial charge in [-0.15, -0.1) is 0 Å². The molecule has 3 aromatic carbocycles. The number of sulfonamides is 1. The van der Waals surface area contributed by atoms with Crippen LogP contribution in [0.4, 0.5) is 11.4 Å². The zero-order chi connectivity index (χ0) is 27.9. The predicted octanol–water partition coefficient (Wildman–Crippen LogP) is 4.26. The number of methoxy groups -OCH3 is 2. The van der Waals surface area contributed by atoms with Gasteiger partial charge in [0.1, 0.15) is 12.3 Å². The van der Waals surface area contributed by atoms with Crippen LogP contribution in [0.3, 0.4) is 0 Å². The molecule has 1 amide bonds. The van der Waals surface area contributed by atoms with E-state index in [-0.39, 0.29) is 27.4 Å². The zero-order valence-corrected chi connectivity index (χ0v) is 23.2. The second-order valence-electron chi connectivity index (χ2n) is 7.72. The van der Waals surface area contributed by atoms with Crippen LogP contribution in [-0.4, -0.2) is 53.6 Å². The van der Waals surface area contributed by atoms with E-state index in [0.29, 0.717) is 16.8 Å². The molecule has 0 aliphatic rings. The number of anilines is 2. The largest absolute Gasteiger partial charge is 0.494 e. The van der Waals surface area contributed by atoms with Crippen LogP contribution in [-0.2, 0) is 24.3 Å². The fourth-order valence-corrected chi connectivity index (χ4v) is 5.11. The summed E-state index contributed by atoms with van der Waals surface area (Å²) in [6.07, 6.45) is 0. The molecule has 0 aliphatic carbocycles. The van der Waals surface area contributed by atoms with Gasteiger partial charge in [-0.2, -0.15) is 0 Å². The first kappa shape index (κ1) is 28.7.